The molecule has 6 nitrogen and oxygen atoms in total. The van der Waals surface area contributed by atoms with Crippen molar-refractivity contribution < 1.29 is 9.59 Å². The lowest BCUT2D eigenvalue weighted by Crippen LogP contribution is -2.54. The maximum absolute atomic E-state index is 12.3. The number of carbonyl (C=O) groups is 2. The highest BCUT2D eigenvalue weighted by Gasteiger charge is 2.35. The fourth-order valence-electron chi connectivity index (χ4n) is 3.13. The van der Waals surface area contributed by atoms with Crippen LogP contribution in [0.1, 0.15) is 37.7 Å². The van der Waals surface area contributed by atoms with Crippen LogP contribution in [0, 0.1) is 17.8 Å². The molecular formula is C19H25N4O2. The number of primary amides is 1. The summed E-state index contributed by atoms with van der Waals surface area (Å²) in [6, 6.07) is 11.4. The van der Waals surface area contributed by atoms with Crippen LogP contribution < -0.4 is 11.1 Å². The molecule has 0 aliphatic carbocycles. The van der Waals surface area contributed by atoms with Gasteiger partial charge in [-0.3, -0.25) is 9.59 Å². The summed E-state index contributed by atoms with van der Waals surface area (Å²) in [5.41, 5.74) is 5.43. The normalized spacial score (nSPS) is 18.1. The van der Waals surface area contributed by atoms with Gasteiger partial charge in [0.2, 0.25) is 11.8 Å². The first kappa shape index (κ1) is 18.9. The number of nitrogens with zero attached hydrogens (tertiary/aromatic N) is 2. The number of nitrogens with one attached hydrogen (secondary N) is 1. The van der Waals surface area contributed by atoms with Crippen molar-refractivity contribution >= 4 is 11.8 Å². The summed E-state index contributed by atoms with van der Waals surface area (Å²) in [5, 5.41) is 12.4. The summed E-state index contributed by atoms with van der Waals surface area (Å²) < 4.78 is 0. The zero-order valence-corrected chi connectivity index (χ0v) is 14.6. The molecule has 6 heteroatoms. The topological polar surface area (TPSA) is 99.2 Å². The second-order valence-electron chi connectivity index (χ2n) is 6.42. The summed E-state index contributed by atoms with van der Waals surface area (Å²) in [6.07, 6.45) is 2.85. The molecule has 1 fully saturated rings. The second-order valence-corrected chi connectivity index (χ2v) is 6.42. The number of likely N-dealkylation sites (tertiary alicyclic amines) is 1. The Morgan fingerprint density at radius 3 is 2.52 bits per heavy atom. The van der Waals surface area contributed by atoms with Crippen molar-refractivity contribution in [2.75, 3.05) is 19.6 Å². The SMILES string of the molecule is CCN1CCC(C#N)(NC(=O)[CH]C[C@H](C(N)=O)c2ccccc2)CC1. The summed E-state index contributed by atoms with van der Waals surface area (Å²) >= 11 is 0. The monoisotopic (exact) mass is 341 g/mol. The van der Waals surface area contributed by atoms with E-state index in [9.17, 15) is 14.9 Å². The van der Waals surface area contributed by atoms with Crippen molar-refractivity contribution in [2.45, 2.75) is 37.6 Å². The molecule has 1 radical (unpaired) electrons. The molecule has 0 spiro atoms. The maximum Gasteiger partial charge on any atom is 0.225 e. The largest absolute Gasteiger partial charge is 0.369 e. The van der Waals surface area contributed by atoms with Crippen LogP contribution in [0.2, 0.25) is 0 Å². The van der Waals surface area contributed by atoms with E-state index in [4.69, 9.17) is 5.73 Å². The number of nitrogens with two attached hydrogens (primary N) is 1. The van der Waals surface area contributed by atoms with Gasteiger partial charge in [0, 0.05) is 13.1 Å². The van der Waals surface area contributed by atoms with E-state index < -0.39 is 17.4 Å². The Kier molecular flexibility index (Phi) is 6.54. The van der Waals surface area contributed by atoms with Crippen molar-refractivity contribution in [1.29, 1.82) is 5.26 Å². The molecule has 25 heavy (non-hydrogen) atoms. The van der Waals surface area contributed by atoms with Crippen LogP contribution in [-0.4, -0.2) is 41.9 Å². The third-order valence-electron chi connectivity index (χ3n) is 4.82. The van der Waals surface area contributed by atoms with Crippen LogP contribution in [-0.2, 0) is 9.59 Å². The molecule has 1 aromatic carbocycles. The zero-order chi connectivity index (χ0) is 18.3. The molecule has 0 unspecified atom stereocenters. The van der Waals surface area contributed by atoms with Gasteiger partial charge in [-0.2, -0.15) is 5.26 Å². The Hall–Kier alpha value is -2.39. The van der Waals surface area contributed by atoms with Crippen molar-refractivity contribution in [3.8, 4) is 6.07 Å². The Balaban J connectivity index is 1.93. The Bertz CT molecular complexity index is 631. The van der Waals surface area contributed by atoms with Crippen LogP contribution in [0.4, 0.5) is 0 Å². The summed E-state index contributed by atoms with van der Waals surface area (Å²) in [7, 11) is 0. The predicted molar refractivity (Wildman–Crippen MR) is 95.1 cm³/mol. The van der Waals surface area contributed by atoms with E-state index in [0.29, 0.717) is 12.8 Å². The van der Waals surface area contributed by atoms with Crippen molar-refractivity contribution in [1.82, 2.24) is 10.2 Å². The molecule has 0 bridgehead atoms. The van der Waals surface area contributed by atoms with E-state index in [1.165, 1.54) is 6.42 Å². The van der Waals surface area contributed by atoms with E-state index >= 15 is 0 Å². The molecule has 2 amide bonds. The number of nitriles is 1. The Morgan fingerprint density at radius 1 is 1.36 bits per heavy atom. The van der Waals surface area contributed by atoms with Crippen LogP contribution in [0.15, 0.2) is 30.3 Å². The third kappa shape index (κ3) is 5.04. The number of piperidine rings is 1. The van der Waals surface area contributed by atoms with Crippen LogP contribution in [0.25, 0.3) is 0 Å². The molecule has 1 aromatic rings. The highest BCUT2D eigenvalue weighted by atomic mass is 16.2. The molecule has 1 saturated heterocycles. The fraction of sp³-hybridized carbons (Fsp3) is 0.474. The van der Waals surface area contributed by atoms with Gasteiger partial charge in [0.15, 0.2) is 0 Å². The van der Waals surface area contributed by atoms with Crippen molar-refractivity contribution in [3.05, 3.63) is 42.3 Å². The van der Waals surface area contributed by atoms with Crippen LogP contribution in [0.3, 0.4) is 0 Å². The minimum atomic E-state index is -0.825. The van der Waals surface area contributed by atoms with Gasteiger partial charge in [-0.05, 0) is 31.4 Å². The lowest BCUT2D eigenvalue weighted by Gasteiger charge is -2.37. The van der Waals surface area contributed by atoms with Gasteiger partial charge in [0.1, 0.15) is 5.54 Å². The number of hydrogen-bond donors (Lipinski definition) is 2. The molecule has 3 N–H and O–H groups in total. The number of rotatable bonds is 7. The van der Waals surface area contributed by atoms with E-state index in [2.05, 4.69) is 23.2 Å². The average molecular weight is 341 g/mol. The van der Waals surface area contributed by atoms with Gasteiger partial charge in [-0.1, -0.05) is 37.3 Å². The molecule has 0 aromatic heterocycles. The third-order valence-corrected chi connectivity index (χ3v) is 4.82. The standard InChI is InChI=1S/C19H25N4O2/c1-2-23-12-10-19(14-20,11-13-23)22-17(24)9-8-16(18(21)25)15-6-4-3-5-7-15/h3-7,9,16H,2,8,10-13H2,1H3,(H2,21,25)(H,22,24)/t16-/m0/s1. The van der Waals surface area contributed by atoms with Gasteiger partial charge in [0.25, 0.3) is 0 Å². The lowest BCUT2D eigenvalue weighted by molar-refractivity contribution is -0.120. The van der Waals surface area contributed by atoms with Crippen LogP contribution in [0.5, 0.6) is 0 Å². The summed E-state index contributed by atoms with van der Waals surface area (Å²) in [5.74, 6) is -1.35. The molecule has 1 heterocycles. The van der Waals surface area contributed by atoms with E-state index in [-0.39, 0.29) is 12.3 Å². The highest BCUT2D eigenvalue weighted by Crippen LogP contribution is 2.23. The van der Waals surface area contributed by atoms with Crippen molar-refractivity contribution in [3.63, 3.8) is 0 Å². The first-order chi connectivity index (χ1) is 12.0. The highest BCUT2D eigenvalue weighted by molar-refractivity contribution is 5.88. The lowest BCUT2D eigenvalue weighted by atomic mass is 9.88. The minimum Gasteiger partial charge on any atom is -0.369 e. The predicted octanol–water partition coefficient (Wildman–Crippen LogP) is 1.34. The Labute approximate surface area is 149 Å². The summed E-state index contributed by atoms with van der Waals surface area (Å²) in [6.45, 7) is 4.61. The quantitative estimate of drug-likeness (QED) is 0.782. The fourth-order valence-corrected chi connectivity index (χ4v) is 3.13. The average Bonchev–Trinajstić information content (AvgIpc) is 2.63. The smallest absolute Gasteiger partial charge is 0.225 e. The number of benzene rings is 1. The first-order valence-corrected chi connectivity index (χ1v) is 8.63. The number of carbonyl (C=O) groups excluding carboxylic acids is 2. The second kappa shape index (κ2) is 8.63. The molecule has 2 rings (SSSR count). The minimum absolute atomic E-state index is 0.216. The van der Waals surface area contributed by atoms with E-state index in [0.717, 1.165) is 25.2 Å². The number of hydrogen-bond acceptors (Lipinski definition) is 4. The first-order valence-electron chi connectivity index (χ1n) is 8.63. The summed E-state index contributed by atoms with van der Waals surface area (Å²) in [4.78, 5) is 26.3. The molecule has 1 aliphatic heterocycles. The van der Waals surface area contributed by atoms with Gasteiger partial charge in [-0.25, -0.2) is 0 Å². The van der Waals surface area contributed by atoms with Crippen LogP contribution >= 0.6 is 0 Å². The van der Waals surface area contributed by atoms with Gasteiger partial charge in [-0.15, -0.1) is 0 Å². The van der Waals surface area contributed by atoms with Gasteiger partial charge >= 0.3 is 0 Å². The molecule has 0 saturated carbocycles. The van der Waals surface area contributed by atoms with E-state index in [1.807, 2.05) is 30.3 Å². The molecule has 1 atom stereocenters. The van der Waals surface area contributed by atoms with Gasteiger partial charge in [0.05, 0.1) is 18.4 Å². The molecule has 133 valence electrons. The maximum atomic E-state index is 12.3. The molecular weight excluding hydrogens is 316 g/mol. The molecule has 1 aliphatic rings. The van der Waals surface area contributed by atoms with Gasteiger partial charge < -0.3 is 16.0 Å². The zero-order valence-electron chi connectivity index (χ0n) is 14.6. The van der Waals surface area contributed by atoms with Crippen molar-refractivity contribution in [2.24, 2.45) is 5.73 Å². The van der Waals surface area contributed by atoms with E-state index in [1.54, 1.807) is 0 Å². The number of amides is 2. The Morgan fingerprint density at radius 2 is 2.00 bits per heavy atom.